The second kappa shape index (κ2) is 23.5. The standard InChI is InChI=1S/C90H107BCl2N2/c1-82(2,3)56-32-28-54(29-33-56)67-44-60(86(13,14)15)46-69(65-40-36-58(84(7,8)9)48-71(65)89(22,23)24)80(67)94-75-52-63(92)38-42-73(75)91-74-43-39-64(93)53-76(74)95(78-51-62(88(19,20)21)50-77(94)79(78)91)81-68(55-30-34-57(35-31-55)83(4,5)6)45-61(87(16,17)18)47-70(81)66-41-37-59(85(10,11)12)49-72(66)90(25,26)27/h28-53H,1-27H3. The summed E-state index contributed by atoms with van der Waals surface area (Å²) in [4.78, 5) is 5.34. The predicted molar refractivity (Wildman–Crippen MR) is 421 cm³/mol. The van der Waals surface area contributed by atoms with Crippen molar-refractivity contribution in [2.45, 2.75) is 236 Å². The Morgan fingerprint density at radius 1 is 0.242 bits per heavy atom. The van der Waals surface area contributed by atoms with E-state index in [0.29, 0.717) is 10.0 Å². The van der Waals surface area contributed by atoms with Gasteiger partial charge in [-0.1, -0.05) is 307 Å². The highest BCUT2D eigenvalue weighted by Gasteiger charge is 2.47. The minimum Gasteiger partial charge on any atom is -0.310 e. The van der Waals surface area contributed by atoms with Gasteiger partial charge in [-0.3, -0.25) is 0 Å². The van der Waals surface area contributed by atoms with Gasteiger partial charge in [-0.05, 0) is 198 Å². The number of anilines is 6. The van der Waals surface area contributed by atoms with E-state index in [-0.39, 0.29) is 55.4 Å². The summed E-state index contributed by atoms with van der Waals surface area (Å²) in [6.07, 6.45) is 0. The SMILES string of the molecule is CC(C)(C)c1ccc(-c2cc(C(C)(C)C)cc(-c3ccc(C(C)(C)C)cc3C(C)(C)C)c2N2c3cc(Cl)ccc3B3c4ccc(Cl)cc4N(c4c(-c5ccc(C(C)(C)C)cc5)cc(C(C)(C)C)cc4-c4ccc(C(C)(C)C)cc4C(C)(C)C)c4cc(C(C)(C)C)cc2c43)cc1. The first kappa shape index (κ1) is 69.6. The monoisotopic (exact) mass is 1300 g/mol. The van der Waals surface area contributed by atoms with Gasteiger partial charge in [0.1, 0.15) is 0 Å². The fraction of sp³-hybridized carbons (Fsp3) is 0.400. The average molecular weight is 1300 g/mol. The van der Waals surface area contributed by atoms with Crippen LogP contribution in [-0.2, 0) is 48.7 Å². The average Bonchev–Trinajstić information content (AvgIpc) is 0.686. The molecule has 0 aliphatic carbocycles. The van der Waals surface area contributed by atoms with E-state index in [1.807, 2.05) is 0 Å². The Hall–Kier alpha value is -6.78. The quantitative estimate of drug-likeness (QED) is 0.153. The third kappa shape index (κ3) is 13.2. The number of nitrogens with zero attached hydrogens (tertiary/aromatic N) is 2. The van der Waals surface area contributed by atoms with Gasteiger partial charge in [0.05, 0.1) is 11.4 Å². The number of hydrogen-bond acceptors (Lipinski definition) is 2. The van der Waals surface area contributed by atoms with Crippen LogP contribution in [0.3, 0.4) is 0 Å². The lowest BCUT2D eigenvalue weighted by molar-refractivity contribution is 0.569. The number of fused-ring (bicyclic) bond motifs is 4. The largest absolute Gasteiger partial charge is 0.310 e. The fourth-order valence-electron chi connectivity index (χ4n) is 14.4. The maximum atomic E-state index is 7.58. The first-order valence-electron chi connectivity index (χ1n) is 34.9. The van der Waals surface area contributed by atoms with E-state index in [4.69, 9.17) is 23.2 Å². The van der Waals surface area contributed by atoms with Crippen molar-refractivity contribution in [2.24, 2.45) is 0 Å². The zero-order valence-electron chi connectivity index (χ0n) is 62.7. The Bertz CT molecular complexity index is 4200. The van der Waals surface area contributed by atoms with Crippen molar-refractivity contribution in [1.29, 1.82) is 0 Å². The molecule has 0 fully saturated rings. The summed E-state index contributed by atoms with van der Waals surface area (Å²) in [7, 11) is 0. The van der Waals surface area contributed by atoms with Gasteiger partial charge in [-0.15, -0.1) is 0 Å². The van der Waals surface area contributed by atoms with Gasteiger partial charge in [0.2, 0.25) is 0 Å². The number of rotatable bonds is 6. The lowest BCUT2D eigenvalue weighted by Crippen LogP contribution is -2.61. The maximum absolute atomic E-state index is 7.58. The molecule has 2 aliphatic rings. The Morgan fingerprint density at radius 2 is 0.526 bits per heavy atom. The summed E-state index contributed by atoms with van der Waals surface area (Å²) in [5.74, 6) is 0. The lowest BCUT2D eigenvalue weighted by Gasteiger charge is -2.47. The molecular formula is C90H107BCl2N2. The molecular weight excluding hydrogens is 1190 g/mol. The van der Waals surface area contributed by atoms with E-state index in [9.17, 15) is 0 Å². The third-order valence-corrected chi connectivity index (χ3v) is 20.8. The van der Waals surface area contributed by atoms with E-state index < -0.39 is 0 Å². The molecule has 0 amide bonds. The van der Waals surface area contributed by atoms with Gasteiger partial charge in [-0.2, -0.15) is 0 Å². The molecule has 2 heterocycles. The fourth-order valence-corrected chi connectivity index (χ4v) is 14.7. The van der Waals surface area contributed by atoms with Crippen LogP contribution in [0.1, 0.15) is 237 Å². The van der Waals surface area contributed by atoms with Crippen LogP contribution >= 0.6 is 23.2 Å². The molecule has 0 radical (unpaired) electrons. The maximum Gasteiger partial charge on any atom is 0.252 e. The third-order valence-electron chi connectivity index (χ3n) is 20.4. The van der Waals surface area contributed by atoms with Crippen molar-refractivity contribution < 1.29 is 0 Å². The molecule has 95 heavy (non-hydrogen) atoms. The highest BCUT2D eigenvalue weighted by molar-refractivity contribution is 7.00. The molecule has 0 atom stereocenters. The van der Waals surface area contributed by atoms with Crippen molar-refractivity contribution in [3.63, 3.8) is 0 Å². The van der Waals surface area contributed by atoms with Gasteiger partial charge in [-0.25, -0.2) is 0 Å². The van der Waals surface area contributed by atoms with Crippen LogP contribution < -0.4 is 26.2 Å². The number of benzene rings is 9. The van der Waals surface area contributed by atoms with Gasteiger partial charge in [0.25, 0.3) is 6.71 Å². The predicted octanol–water partition coefficient (Wildman–Crippen LogP) is 25.4. The molecule has 11 rings (SSSR count). The molecule has 2 nitrogen and oxygen atoms in total. The summed E-state index contributed by atoms with van der Waals surface area (Å²) in [5.41, 5.74) is 29.9. The molecule has 0 spiro atoms. The van der Waals surface area contributed by atoms with E-state index in [0.717, 1.165) is 45.3 Å². The van der Waals surface area contributed by atoms with Crippen molar-refractivity contribution in [3.8, 4) is 44.5 Å². The van der Waals surface area contributed by atoms with Crippen LogP contribution in [0.2, 0.25) is 10.0 Å². The number of hydrogen-bond donors (Lipinski definition) is 0. The molecule has 0 saturated heterocycles. The Balaban J connectivity index is 1.39. The molecule has 0 bridgehead atoms. The molecule has 0 saturated carbocycles. The molecule has 5 heteroatoms. The smallest absolute Gasteiger partial charge is 0.252 e. The normalized spacial score (nSPS) is 14.1. The summed E-state index contributed by atoms with van der Waals surface area (Å²) in [6.45, 7) is 63.4. The lowest BCUT2D eigenvalue weighted by atomic mass is 9.33. The zero-order chi connectivity index (χ0) is 69.8. The van der Waals surface area contributed by atoms with Gasteiger partial charge >= 0.3 is 0 Å². The second-order valence-electron chi connectivity index (χ2n) is 37.2. The van der Waals surface area contributed by atoms with Crippen LogP contribution in [0.4, 0.5) is 34.1 Å². The Morgan fingerprint density at radius 3 is 0.821 bits per heavy atom. The summed E-state index contributed by atoms with van der Waals surface area (Å²) < 4.78 is 0. The molecule has 0 aromatic heterocycles. The molecule has 2 aliphatic heterocycles. The second-order valence-corrected chi connectivity index (χ2v) is 38.1. The van der Waals surface area contributed by atoms with Crippen LogP contribution in [0.25, 0.3) is 44.5 Å². The summed E-state index contributed by atoms with van der Waals surface area (Å²) >= 11 is 15.2. The van der Waals surface area contributed by atoms with Crippen LogP contribution in [0.5, 0.6) is 0 Å². The van der Waals surface area contributed by atoms with Crippen LogP contribution in [0.15, 0.2) is 158 Å². The minimum absolute atomic E-state index is 0.0422. The molecule has 0 unspecified atom stereocenters. The van der Waals surface area contributed by atoms with Crippen molar-refractivity contribution in [1.82, 2.24) is 0 Å². The van der Waals surface area contributed by atoms with E-state index in [1.54, 1.807) is 0 Å². The van der Waals surface area contributed by atoms with Gasteiger partial charge in [0, 0.05) is 55.0 Å². The van der Waals surface area contributed by atoms with E-state index in [1.165, 1.54) is 99.8 Å². The highest BCUT2D eigenvalue weighted by atomic mass is 35.5. The highest BCUT2D eigenvalue weighted by Crippen LogP contribution is 2.57. The van der Waals surface area contributed by atoms with Crippen LogP contribution in [-0.4, -0.2) is 6.71 Å². The molecule has 9 aromatic carbocycles. The summed E-state index contributed by atoms with van der Waals surface area (Å²) in [6, 6.07) is 62.3. The Labute approximate surface area is 584 Å². The van der Waals surface area contributed by atoms with Crippen molar-refractivity contribution in [2.75, 3.05) is 9.80 Å². The van der Waals surface area contributed by atoms with E-state index >= 15 is 0 Å². The molecule has 9 aromatic rings. The first-order valence-corrected chi connectivity index (χ1v) is 35.7. The minimum atomic E-state index is -0.318. The zero-order valence-corrected chi connectivity index (χ0v) is 64.3. The summed E-state index contributed by atoms with van der Waals surface area (Å²) in [5, 5.41) is 1.37. The van der Waals surface area contributed by atoms with Gasteiger partial charge < -0.3 is 9.80 Å². The Kier molecular flexibility index (Phi) is 17.2. The topological polar surface area (TPSA) is 6.48 Å². The van der Waals surface area contributed by atoms with Crippen molar-refractivity contribution >= 4 is 80.4 Å². The number of halogens is 2. The molecule has 494 valence electrons. The molecule has 0 N–H and O–H groups in total. The first-order chi connectivity index (χ1) is 43.6. The van der Waals surface area contributed by atoms with E-state index in [2.05, 4.69) is 354 Å². The van der Waals surface area contributed by atoms with Crippen LogP contribution in [0, 0.1) is 0 Å². The van der Waals surface area contributed by atoms with Crippen molar-refractivity contribution in [3.05, 3.63) is 218 Å². The van der Waals surface area contributed by atoms with Gasteiger partial charge in [0.15, 0.2) is 0 Å².